The maximum atomic E-state index is 13.7. The normalized spacial score (nSPS) is 10.2. The number of hydrogen-bond acceptors (Lipinski definition) is 4. The van der Waals surface area contributed by atoms with Gasteiger partial charge in [0.25, 0.3) is 5.91 Å². The molecule has 0 bridgehead atoms. The van der Waals surface area contributed by atoms with Crippen molar-refractivity contribution in [3.63, 3.8) is 0 Å². The summed E-state index contributed by atoms with van der Waals surface area (Å²) in [6.07, 6.45) is 0. The van der Waals surface area contributed by atoms with Crippen LogP contribution >= 0.6 is 23.2 Å². The van der Waals surface area contributed by atoms with E-state index in [2.05, 4.69) is 5.32 Å². The second kappa shape index (κ2) is 9.34. The van der Waals surface area contributed by atoms with Gasteiger partial charge in [0.1, 0.15) is 5.82 Å². The third-order valence-corrected chi connectivity index (χ3v) is 4.00. The number of halogens is 3. The van der Waals surface area contributed by atoms with Crippen LogP contribution in [0.4, 0.5) is 10.1 Å². The fourth-order valence-corrected chi connectivity index (χ4v) is 2.37. The zero-order chi connectivity index (χ0) is 20.0. The summed E-state index contributed by atoms with van der Waals surface area (Å²) in [6.45, 7) is -0.923. The molecule has 0 aliphatic heterocycles. The van der Waals surface area contributed by atoms with Gasteiger partial charge in [-0.2, -0.15) is 0 Å². The lowest BCUT2D eigenvalue weighted by atomic mass is 10.2. The SMILES string of the molecule is CN(CC(=O)Nc1ccccc1Cl)C(=O)COC(=O)c1ccc(Cl)cc1F. The number of hydrogen-bond donors (Lipinski definition) is 1. The number of anilines is 1. The highest BCUT2D eigenvalue weighted by molar-refractivity contribution is 6.33. The van der Waals surface area contributed by atoms with Gasteiger partial charge in [0.15, 0.2) is 6.61 Å². The summed E-state index contributed by atoms with van der Waals surface area (Å²) in [5.41, 5.74) is 0.0703. The van der Waals surface area contributed by atoms with E-state index in [9.17, 15) is 18.8 Å². The molecule has 9 heteroatoms. The molecular formula is C18H15Cl2FN2O4. The van der Waals surface area contributed by atoms with Gasteiger partial charge >= 0.3 is 5.97 Å². The Morgan fingerprint density at radius 1 is 1.15 bits per heavy atom. The molecule has 0 aliphatic carbocycles. The third kappa shape index (κ3) is 5.94. The zero-order valence-electron chi connectivity index (χ0n) is 14.2. The van der Waals surface area contributed by atoms with Crippen LogP contribution in [-0.4, -0.2) is 42.9 Å². The minimum atomic E-state index is -1.01. The summed E-state index contributed by atoms with van der Waals surface area (Å²) in [7, 11) is 1.37. The van der Waals surface area contributed by atoms with Crippen molar-refractivity contribution in [2.75, 3.05) is 25.5 Å². The Morgan fingerprint density at radius 2 is 1.85 bits per heavy atom. The molecule has 0 saturated heterocycles. The van der Waals surface area contributed by atoms with Crippen molar-refractivity contribution in [3.05, 3.63) is 63.9 Å². The highest BCUT2D eigenvalue weighted by Crippen LogP contribution is 2.20. The first-order valence-corrected chi connectivity index (χ1v) is 8.44. The van der Waals surface area contributed by atoms with Gasteiger partial charge in [0.05, 0.1) is 22.8 Å². The molecule has 0 saturated carbocycles. The predicted octanol–water partition coefficient (Wildman–Crippen LogP) is 3.39. The fraction of sp³-hybridized carbons (Fsp3) is 0.167. The highest BCUT2D eigenvalue weighted by atomic mass is 35.5. The van der Waals surface area contributed by atoms with Crippen LogP contribution in [0.25, 0.3) is 0 Å². The van der Waals surface area contributed by atoms with E-state index in [0.717, 1.165) is 17.0 Å². The lowest BCUT2D eigenvalue weighted by Gasteiger charge is -2.17. The Balaban J connectivity index is 1.85. The summed E-state index contributed by atoms with van der Waals surface area (Å²) < 4.78 is 18.4. The smallest absolute Gasteiger partial charge is 0.341 e. The van der Waals surface area contributed by atoms with Crippen LogP contribution < -0.4 is 5.32 Å². The van der Waals surface area contributed by atoms with Crippen LogP contribution in [0.15, 0.2) is 42.5 Å². The van der Waals surface area contributed by atoms with E-state index >= 15 is 0 Å². The third-order valence-electron chi connectivity index (χ3n) is 3.43. The summed E-state index contributed by atoms with van der Waals surface area (Å²) >= 11 is 11.5. The second-order valence-electron chi connectivity index (χ2n) is 5.48. The topological polar surface area (TPSA) is 75.7 Å². The molecule has 0 fully saturated rings. The maximum Gasteiger partial charge on any atom is 0.341 e. The molecule has 2 amide bonds. The average Bonchev–Trinajstić information content (AvgIpc) is 2.61. The first kappa shape index (κ1) is 20.7. The molecule has 0 unspecified atom stereocenters. The average molecular weight is 413 g/mol. The van der Waals surface area contributed by atoms with E-state index in [1.807, 2.05) is 0 Å². The molecule has 0 aromatic heterocycles. The minimum absolute atomic E-state index is 0.129. The van der Waals surface area contributed by atoms with E-state index < -0.39 is 30.2 Å². The molecular weight excluding hydrogens is 398 g/mol. The Labute approximate surface area is 164 Å². The highest BCUT2D eigenvalue weighted by Gasteiger charge is 2.18. The van der Waals surface area contributed by atoms with E-state index in [1.165, 1.54) is 13.1 Å². The van der Waals surface area contributed by atoms with Crippen molar-refractivity contribution in [2.45, 2.75) is 0 Å². The Bertz CT molecular complexity index is 876. The number of esters is 1. The number of ether oxygens (including phenoxy) is 1. The molecule has 1 N–H and O–H groups in total. The summed E-state index contributed by atoms with van der Waals surface area (Å²) in [5.74, 6) is -2.97. The van der Waals surface area contributed by atoms with Crippen molar-refractivity contribution in [1.82, 2.24) is 4.90 Å². The number of carbonyl (C=O) groups excluding carboxylic acids is 3. The molecule has 6 nitrogen and oxygen atoms in total. The lowest BCUT2D eigenvalue weighted by molar-refractivity contribution is -0.136. The van der Waals surface area contributed by atoms with Crippen LogP contribution in [0.5, 0.6) is 0 Å². The molecule has 2 rings (SSSR count). The van der Waals surface area contributed by atoms with Crippen molar-refractivity contribution < 1.29 is 23.5 Å². The monoisotopic (exact) mass is 412 g/mol. The van der Waals surface area contributed by atoms with Gasteiger partial charge in [0, 0.05) is 12.1 Å². The van der Waals surface area contributed by atoms with E-state index in [4.69, 9.17) is 27.9 Å². The summed E-state index contributed by atoms with van der Waals surface area (Å²) in [4.78, 5) is 36.9. The molecule has 27 heavy (non-hydrogen) atoms. The lowest BCUT2D eigenvalue weighted by Crippen LogP contribution is -2.37. The Hall–Kier alpha value is -2.64. The quantitative estimate of drug-likeness (QED) is 0.737. The van der Waals surface area contributed by atoms with Crippen LogP contribution in [0, 0.1) is 5.82 Å². The van der Waals surface area contributed by atoms with E-state index in [0.29, 0.717) is 10.7 Å². The Kier molecular flexibility index (Phi) is 7.15. The van der Waals surface area contributed by atoms with Crippen LogP contribution in [0.3, 0.4) is 0 Å². The van der Waals surface area contributed by atoms with Crippen molar-refractivity contribution >= 4 is 46.7 Å². The van der Waals surface area contributed by atoms with Crippen molar-refractivity contribution in [2.24, 2.45) is 0 Å². The summed E-state index contributed by atoms with van der Waals surface area (Å²) in [6, 6.07) is 10.1. The summed E-state index contributed by atoms with van der Waals surface area (Å²) in [5, 5.41) is 3.05. The van der Waals surface area contributed by atoms with Crippen LogP contribution in [-0.2, 0) is 14.3 Å². The number of para-hydroxylation sites is 1. The van der Waals surface area contributed by atoms with Gasteiger partial charge in [-0.05, 0) is 30.3 Å². The molecule has 0 radical (unpaired) electrons. The van der Waals surface area contributed by atoms with Gasteiger partial charge in [-0.15, -0.1) is 0 Å². The van der Waals surface area contributed by atoms with Crippen LogP contribution in [0.2, 0.25) is 10.0 Å². The Morgan fingerprint density at radius 3 is 2.52 bits per heavy atom. The van der Waals surface area contributed by atoms with Gasteiger partial charge < -0.3 is 15.0 Å². The van der Waals surface area contributed by atoms with Crippen molar-refractivity contribution in [1.29, 1.82) is 0 Å². The molecule has 2 aromatic rings. The number of likely N-dealkylation sites (N-methyl/N-ethyl adjacent to an activating group) is 1. The molecule has 0 aliphatic rings. The number of carbonyl (C=O) groups is 3. The van der Waals surface area contributed by atoms with Gasteiger partial charge in [-0.25, -0.2) is 9.18 Å². The first-order chi connectivity index (χ1) is 12.8. The number of benzene rings is 2. The molecule has 0 spiro atoms. The van der Waals surface area contributed by atoms with Gasteiger partial charge in [0.2, 0.25) is 5.91 Å². The van der Waals surface area contributed by atoms with E-state index in [-0.39, 0.29) is 17.1 Å². The number of rotatable bonds is 6. The first-order valence-electron chi connectivity index (χ1n) is 7.68. The molecule has 2 aromatic carbocycles. The maximum absolute atomic E-state index is 13.7. The van der Waals surface area contributed by atoms with Crippen molar-refractivity contribution in [3.8, 4) is 0 Å². The minimum Gasteiger partial charge on any atom is -0.452 e. The number of nitrogens with one attached hydrogen (secondary N) is 1. The predicted molar refractivity (Wildman–Crippen MR) is 99.4 cm³/mol. The molecule has 0 atom stereocenters. The van der Waals surface area contributed by atoms with Gasteiger partial charge in [-0.3, -0.25) is 9.59 Å². The molecule has 142 valence electrons. The van der Waals surface area contributed by atoms with Gasteiger partial charge in [-0.1, -0.05) is 35.3 Å². The number of amides is 2. The zero-order valence-corrected chi connectivity index (χ0v) is 15.7. The van der Waals surface area contributed by atoms with E-state index in [1.54, 1.807) is 24.3 Å². The second-order valence-corrected chi connectivity index (χ2v) is 6.32. The number of nitrogens with zero attached hydrogens (tertiary/aromatic N) is 1. The van der Waals surface area contributed by atoms with Crippen LogP contribution in [0.1, 0.15) is 10.4 Å². The standard InChI is InChI=1S/C18H15Cl2FN2O4/c1-23(9-16(24)22-15-5-3-2-4-13(15)20)17(25)10-27-18(26)12-7-6-11(19)8-14(12)21/h2-8H,9-10H2,1H3,(H,22,24). The largest absolute Gasteiger partial charge is 0.452 e. The fourth-order valence-electron chi connectivity index (χ4n) is 2.03. The molecule has 0 heterocycles.